The highest BCUT2D eigenvalue weighted by Gasteiger charge is 2.51. The molecule has 1 aromatic rings. The summed E-state index contributed by atoms with van der Waals surface area (Å²) in [6.45, 7) is 5.50. The molecule has 4 atom stereocenters. The summed E-state index contributed by atoms with van der Waals surface area (Å²) >= 11 is 2.11. The summed E-state index contributed by atoms with van der Waals surface area (Å²) < 4.78 is 22.7. The molecular weight excluding hydrogens is 392 g/mol. The summed E-state index contributed by atoms with van der Waals surface area (Å²) in [6.07, 6.45) is 0. The Labute approximate surface area is 134 Å². The van der Waals surface area contributed by atoms with E-state index >= 15 is 0 Å². The molecule has 7 heteroatoms. The molecule has 3 unspecified atom stereocenters. The molecule has 0 radical (unpaired) electrons. The van der Waals surface area contributed by atoms with Gasteiger partial charge in [0.05, 0.1) is 6.54 Å². The fourth-order valence-electron chi connectivity index (χ4n) is 2.46. The Morgan fingerprint density at radius 1 is 1.50 bits per heavy atom. The zero-order valence-electron chi connectivity index (χ0n) is 11.7. The van der Waals surface area contributed by atoms with Gasteiger partial charge >= 0.3 is 0 Å². The average Bonchev–Trinajstić information content (AvgIpc) is 2.37. The molecule has 1 aliphatic heterocycles. The van der Waals surface area contributed by atoms with Crippen molar-refractivity contribution in [2.75, 3.05) is 6.54 Å². The maximum Gasteiger partial charge on any atom is 0.128 e. The zero-order chi connectivity index (χ0) is 15.3. The smallest absolute Gasteiger partial charge is 0.128 e. The summed E-state index contributed by atoms with van der Waals surface area (Å²) in [5, 5.41) is 11.8. The van der Waals surface area contributed by atoms with Crippen molar-refractivity contribution in [2.24, 2.45) is 5.73 Å². The Morgan fingerprint density at radius 3 is 2.70 bits per heavy atom. The standard InChI is InChI=1S/C13H19FIN3OS/c1-12(2)11(16)20(17)13(3,7-18(12)19)9-6-8(15)4-5-10(9)14/h4-6,11,17-18H,7,16H2,1-3H3/t11?,13-,20?/m0/s1. The lowest BCUT2D eigenvalue weighted by molar-refractivity contribution is -0.905. The van der Waals surface area contributed by atoms with E-state index in [1.165, 1.54) is 6.07 Å². The van der Waals surface area contributed by atoms with Crippen LogP contribution in [0.3, 0.4) is 0 Å². The number of benzene rings is 1. The van der Waals surface area contributed by atoms with Gasteiger partial charge in [-0.3, -0.25) is 4.78 Å². The molecule has 0 aliphatic carbocycles. The van der Waals surface area contributed by atoms with Crippen molar-refractivity contribution in [3.8, 4) is 0 Å². The molecule has 1 heterocycles. The first kappa shape index (κ1) is 16.3. The molecule has 1 saturated heterocycles. The molecule has 1 fully saturated rings. The SMILES string of the molecule is CC1(C)C(N)S(=N)[C@](C)(c2cc(I)ccc2F)C[NH+]1[O-]. The topological polar surface area (TPSA) is 77.4 Å². The molecule has 0 spiro atoms. The minimum absolute atomic E-state index is 0.00163. The van der Waals surface area contributed by atoms with Gasteiger partial charge in [-0.1, -0.05) is 10.7 Å². The zero-order valence-corrected chi connectivity index (χ0v) is 14.6. The predicted molar refractivity (Wildman–Crippen MR) is 87.8 cm³/mol. The number of halogens is 2. The van der Waals surface area contributed by atoms with Crippen molar-refractivity contribution in [2.45, 2.75) is 36.4 Å². The summed E-state index contributed by atoms with van der Waals surface area (Å²) in [7, 11) is -1.03. The third-order valence-electron chi connectivity index (χ3n) is 4.17. The molecule has 1 aromatic carbocycles. The second kappa shape index (κ2) is 5.28. The Morgan fingerprint density at radius 2 is 2.10 bits per heavy atom. The van der Waals surface area contributed by atoms with Gasteiger partial charge in [-0.05, 0) is 61.6 Å². The number of nitrogens with one attached hydrogen (secondary N) is 2. The van der Waals surface area contributed by atoms with Gasteiger partial charge in [0, 0.05) is 9.13 Å². The first-order valence-electron chi connectivity index (χ1n) is 6.29. The van der Waals surface area contributed by atoms with E-state index in [0.717, 1.165) is 3.57 Å². The number of quaternary nitrogens is 1. The van der Waals surface area contributed by atoms with E-state index in [4.69, 9.17) is 10.5 Å². The van der Waals surface area contributed by atoms with Crippen LogP contribution in [-0.2, 0) is 15.4 Å². The first-order valence-corrected chi connectivity index (χ1v) is 8.66. The van der Waals surface area contributed by atoms with E-state index in [0.29, 0.717) is 5.56 Å². The van der Waals surface area contributed by atoms with Gasteiger partial charge in [0.15, 0.2) is 0 Å². The van der Waals surface area contributed by atoms with Gasteiger partial charge in [-0.2, -0.15) is 0 Å². The monoisotopic (exact) mass is 411 g/mol. The van der Waals surface area contributed by atoms with Crippen molar-refractivity contribution in [1.82, 2.24) is 0 Å². The molecule has 2 rings (SSSR count). The van der Waals surface area contributed by atoms with Crippen LogP contribution in [-0.4, -0.2) is 17.5 Å². The number of rotatable bonds is 1. The van der Waals surface area contributed by atoms with Crippen LogP contribution in [0.25, 0.3) is 0 Å². The molecule has 0 saturated carbocycles. The van der Waals surface area contributed by atoms with Crippen LogP contribution in [0.1, 0.15) is 26.3 Å². The van der Waals surface area contributed by atoms with Gasteiger partial charge in [0.25, 0.3) is 0 Å². The number of nitrogens with two attached hydrogens (primary N) is 1. The maximum atomic E-state index is 14.2. The van der Waals surface area contributed by atoms with E-state index in [1.54, 1.807) is 32.9 Å². The van der Waals surface area contributed by atoms with Crippen molar-refractivity contribution < 1.29 is 9.45 Å². The molecule has 1 aliphatic rings. The highest BCUT2D eigenvalue weighted by atomic mass is 127. The van der Waals surface area contributed by atoms with Crippen LogP contribution in [0.15, 0.2) is 18.2 Å². The lowest BCUT2D eigenvalue weighted by Gasteiger charge is -2.53. The molecule has 112 valence electrons. The molecule has 0 amide bonds. The lowest BCUT2D eigenvalue weighted by atomic mass is 9.95. The van der Waals surface area contributed by atoms with Crippen LogP contribution in [0.2, 0.25) is 0 Å². The highest BCUT2D eigenvalue weighted by Crippen LogP contribution is 2.35. The normalized spacial score (nSPS) is 36.9. The minimum Gasteiger partial charge on any atom is -0.634 e. The van der Waals surface area contributed by atoms with E-state index in [-0.39, 0.29) is 17.4 Å². The van der Waals surface area contributed by atoms with Gasteiger partial charge in [-0.15, -0.1) is 0 Å². The predicted octanol–water partition coefficient (Wildman–Crippen LogP) is 1.49. The fourth-order valence-corrected chi connectivity index (χ4v) is 4.91. The number of hydrogen-bond acceptors (Lipinski definition) is 3. The third-order valence-corrected chi connectivity index (χ3v) is 7.27. The Balaban J connectivity index is 2.55. The van der Waals surface area contributed by atoms with Crippen LogP contribution < -0.4 is 10.8 Å². The minimum atomic E-state index is -1.03. The summed E-state index contributed by atoms with van der Waals surface area (Å²) in [5.74, 6) is -0.364. The summed E-state index contributed by atoms with van der Waals surface area (Å²) in [5.41, 5.74) is 5.84. The first-order chi connectivity index (χ1) is 9.10. The van der Waals surface area contributed by atoms with E-state index < -0.39 is 26.4 Å². The third kappa shape index (κ3) is 2.43. The van der Waals surface area contributed by atoms with Crippen LogP contribution >= 0.6 is 22.6 Å². The highest BCUT2D eigenvalue weighted by molar-refractivity contribution is 14.1. The Kier molecular flexibility index (Phi) is 4.29. The molecule has 20 heavy (non-hydrogen) atoms. The van der Waals surface area contributed by atoms with E-state index in [9.17, 15) is 9.60 Å². The maximum absolute atomic E-state index is 14.2. The summed E-state index contributed by atoms with van der Waals surface area (Å²) in [6, 6.07) is 4.80. The van der Waals surface area contributed by atoms with Gasteiger partial charge < -0.3 is 16.0 Å². The van der Waals surface area contributed by atoms with Crippen LogP contribution in [0.5, 0.6) is 0 Å². The van der Waals surface area contributed by atoms with Crippen LogP contribution in [0.4, 0.5) is 4.39 Å². The summed E-state index contributed by atoms with van der Waals surface area (Å²) in [4.78, 5) is 0. The molecule has 4 nitrogen and oxygen atoms in total. The van der Waals surface area contributed by atoms with Crippen molar-refractivity contribution >= 4 is 33.3 Å². The van der Waals surface area contributed by atoms with Gasteiger partial charge in [0.1, 0.15) is 21.5 Å². The lowest BCUT2D eigenvalue weighted by Crippen LogP contribution is -3.20. The number of hydroxylamine groups is 2. The average molecular weight is 411 g/mol. The second-order valence-electron chi connectivity index (χ2n) is 5.94. The quantitative estimate of drug-likeness (QED) is 0.484. The van der Waals surface area contributed by atoms with E-state index in [1.807, 2.05) is 0 Å². The Bertz CT molecular complexity index is 569. The van der Waals surface area contributed by atoms with E-state index in [2.05, 4.69) is 22.6 Å². The number of hydrogen-bond donors (Lipinski definition) is 3. The molecule has 4 N–H and O–H groups in total. The molecule has 0 aromatic heterocycles. The molecular formula is C13H19FIN3OS. The van der Waals surface area contributed by atoms with Crippen molar-refractivity contribution in [1.29, 1.82) is 4.78 Å². The Hall–Kier alpha value is -0.0900. The fraction of sp³-hybridized carbons (Fsp3) is 0.538. The molecule has 0 bridgehead atoms. The van der Waals surface area contributed by atoms with Crippen LogP contribution in [0, 0.1) is 19.4 Å². The van der Waals surface area contributed by atoms with Crippen molar-refractivity contribution in [3.05, 3.63) is 38.4 Å². The largest absolute Gasteiger partial charge is 0.634 e. The van der Waals surface area contributed by atoms with Crippen molar-refractivity contribution in [3.63, 3.8) is 0 Å². The van der Waals surface area contributed by atoms with Gasteiger partial charge in [-0.25, -0.2) is 4.39 Å². The second-order valence-corrected chi connectivity index (χ2v) is 9.27. The van der Waals surface area contributed by atoms with Gasteiger partial charge in [0.2, 0.25) is 0 Å².